The van der Waals surface area contributed by atoms with E-state index >= 15 is 0 Å². The highest BCUT2D eigenvalue weighted by molar-refractivity contribution is 6.05. The van der Waals surface area contributed by atoms with Gasteiger partial charge in [-0.2, -0.15) is 0 Å². The second-order valence-corrected chi connectivity index (χ2v) is 4.28. The summed E-state index contributed by atoms with van der Waals surface area (Å²) >= 11 is 0. The van der Waals surface area contributed by atoms with Crippen molar-refractivity contribution in [3.8, 4) is 11.5 Å². The average Bonchev–Trinajstić information content (AvgIpc) is 2.54. The van der Waals surface area contributed by atoms with Crippen LogP contribution >= 0.6 is 0 Å². The van der Waals surface area contributed by atoms with E-state index in [0.29, 0.717) is 29.4 Å². The number of nitrogens with one attached hydrogen (secondary N) is 1. The standard InChI is InChI=1S/C17H17NO3/c1-3-12-21-14-10-8-13(9-11-14)17(19)18-15-6-4-5-7-16(15)20-2/h3-11H,1,12H2,2H3,(H,18,19). The Hall–Kier alpha value is -2.75. The van der Waals surface area contributed by atoms with Gasteiger partial charge in [-0.1, -0.05) is 24.8 Å². The lowest BCUT2D eigenvalue weighted by molar-refractivity contribution is 0.102. The molecular formula is C17H17NO3. The van der Waals surface area contributed by atoms with Gasteiger partial charge in [0.25, 0.3) is 5.91 Å². The van der Waals surface area contributed by atoms with Crippen LogP contribution < -0.4 is 14.8 Å². The quantitative estimate of drug-likeness (QED) is 0.825. The van der Waals surface area contributed by atoms with Crippen LogP contribution in [0.2, 0.25) is 0 Å². The summed E-state index contributed by atoms with van der Waals surface area (Å²) < 4.78 is 10.6. The van der Waals surface area contributed by atoms with Crippen LogP contribution in [-0.4, -0.2) is 19.6 Å². The molecule has 0 heterocycles. The average molecular weight is 283 g/mol. The van der Waals surface area contributed by atoms with Gasteiger partial charge in [0.15, 0.2) is 0 Å². The van der Waals surface area contributed by atoms with E-state index in [4.69, 9.17) is 9.47 Å². The predicted octanol–water partition coefficient (Wildman–Crippen LogP) is 3.51. The van der Waals surface area contributed by atoms with Gasteiger partial charge in [0.2, 0.25) is 0 Å². The van der Waals surface area contributed by atoms with Crippen molar-refractivity contribution in [2.45, 2.75) is 0 Å². The number of carbonyl (C=O) groups is 1. The Morgan fingerprint density at radius 1 is 1.19 bits per heavy atom. The van der Waals surface area contributed by atoms with Gasteiger partial charge in [0.05, 0.1) is 12.8 Å². The zero-order valence-electron chi connectivity index (χ0n) is 11.8. The van der Waals surface area contributed by atoms with Gasteiger partial charge >= 0.3 is 0 Å². The maximum Gasteiger partial charge on any atom is 0.255 e. The van der Waals surface area contributed by atoms with Gasteiger partial charge in [-0.15, -0.1) is 0 Å². The fourth-order valence-electron chi connectivity index (χ4n) is 1.80. The van der Waals surface area contributed by atoms with Crippen LogP contribution in [0.3, 0.4) is 0 Å². The molecule has 0 aliphatic heterocycles. The molecule has 0 spiro atoms. The fraction of sp³-hybridized carbons (Fsp3) is 0.118. The normalized spacial score (nSPS) is 9.76. The number of hydrogen-bond donors (Lipinski definition) is 1. The lowest BCUT2D eigenvalue weighted by Gasteiger charge is -2.10. The monoisotopic (exact) mass is 283 g/mol. The number of ether oxygens (including phenoxy) is 2. The minimum absolute atomic E-state index is 0.199. The zero-order chi connectivity index (χ0) is 15.1. The summed E-state index contributed by atoms with van der Waals surface area (Å²) in [5.41, 5.74) is 1.18. The van der Waals surface area contributed by atoms with Crippen molar-refractivity contribution < 1.29 is 14.3 Å². The molecule has 4 nitrogen and oxygen atoms in total. The highest BCUT2D eigenvalue weighted by atomic mass is 16.5. The van der Waals surface area contributed by atoms with Crippen LogP contribution in [0.5, 0.6) is 11.5 Å². The molecule has 0 aliphatic carbocycles. The zero-order valence-corrected chi connectivity index (χ0v) is 11.8. The first-order valence-corrected chi connectivity index (χ1v) is 6.52. The summed E-state index contributed by atoms with van der Waals surface area (Å²) in [6.07, 6.45) is 1.67. The predicted molar refractivity (Wildman–Crippen MR) is 83.1 cm³/mol. The first-order valence-electron chi connectivity index (χ1n) is 6.52. The highest BCUT2D eigenvalue weighted by Gasteiger charge is 2.09. The topological polar surface area (TPSA) is 47.6 Å². The molecule has 2 aromatic carbocycles. The maximum absolute atomic E-state index is 12.2. The van der Waals surface area contributed by atoms with E-state index in [1.807, 2.05) is 12.1 Å². The van der Waals surface area contributed by atoms with Crippen LogP contribution in [0.4, 0.5) is 5.69 Å². The molecule has 0 saturated carbocycles. The van der Waals surface area contributed by atoms with E-state index in [1.54, 1.807) is 49.6 Å². The number of amides is 1. The van der Waals surface area contributed by atoms with Crippen LogP contribution in [-0.2, 0) is 0 Å². The number of hydrogen-bond acceptors (Lipinski definition) is 3. The number of anilines is 1. The lowest BCUT2D eigenvalue weighted by Crippen LogP contribution is -2.12. The molecule has 0 fully saturated rings. The van der Waals surface area contributed by atoms with E-state index < -0.39 is 0 Å². The number of para-hydroxylation sites is 2. The summed E-state index contributed by atoms with van der Waals surface area (Å²) in [6, 6.07) is 14.2. The first kappa shape index (κ1) is 14.7. The van der Waals surface area contributed by atoms with Gasteiger partial charge in [-0.3, -0.25) is 4.79 Å². The number of rotatable bonds is 6. The Bertz CT molecular complexity index is 620. The van der Waals surface area contributed by atoms with Crippen molar-refractivity contribution in [1.29, 1.82) is 0 Å². The van der Waals surface area contributed by atoms with Gasteiger partial charge in [0, 0.05) is 5.56 Å². The molecule has 0 aromatic heterocycles. The maximum atomic E-state index is 12.2. The number of methoxy groups -OCH3 is 1. The second kappa shape index (κ2) is 7.14. The lowest BCUT2D eigenvalue weighted by atomic mass is 10.2. The molecule has 2 rings (SSSR count). The van der Waals surface area contributed by atoms with Crippen molar-refractivity contribution in [3.05, 3.63) is 66.7 Å². The summed E-state index contributed by atoms with van der Waals surface area (Å²) in [6.45, 7) is 4.02. The Kier molecular flexibility index (Phi) is 4.99. The number of carbonyl (C=O) groups excluding carboxylic acids is 1. The van der Waals surface area contributed by atoms with E-state index in [-0.39, 0.29) is 5.91 Å². The van der Waals surface area contributed by atoms with Gasteiger partial charge in [0.1, 0.15) is 18.1 Å². The molecule has 0 aliphatic rings. The molecule has 0 radical (unpaired) electrons. The third kappa shape index (κ3) is 3.86. The summed E-state index contributed by atoms with van der Waals surface area (Å²) in [4.78, 5) is 12.2. The summed E-state index contributed by atoms with van der Waals surface area (Å²) in [5.74, 6) is 1.12. The van der Waals surface area contributed by atoms with Crippen LogP contribution in [0.1, 0.15) is 10.4 Å². The molecular weight excluding hydrogens is 266 g/mol. The third-order valence-corrected chi connectivity index (χ3v) is 2.84. The Labute approximate surface area is 124 Å². The minimum atomic E-state index is -0.199. The Morgan fingerprint density at radius 2 is 1.90 bits per heavy atom. The Balaban J connectivity index is 2.07. The van der Waals surface area contributed by atoms with Crippen LogP contribution in [0.25, 0.3) is 0 Å². The van der Waals surface area contributed by atoms with E-state index in [0.717, 1.165) is 0 Å². The minimum Gasteiger partial charge on any atom is -0.495 e. The third-order valence-electron chi connectivity index (χ3n) is 2.84. The molecule has 1 amide bonds. The van der Waals surface area contributed by atoms with Crippen molar-refractivity contribution in [3.63, 3.8) is 0 Å². The van der Waals surface area contributed by atoms with Crippen molar-refractivity contribution in [2.24, 2.45) is 0 Å². The first-order chi connectivity index (χ1) is 10.2. The van der Waals surface area contributed by atoms with Crippen molar-refractivity contribution >= 4 is 11.6 Å². The molecule has 4 heteroatoms. The molecule has 0 saturated heterocycles. The van der Waals surface area contributed by atoms with Crippen LogP contribution in [0.15, 0.2) is 61.2 Å². The summed E-state index contributed by atoms with van der Waals surface area (Å²) in [5, 5.41) is 2.82. The van der Waals surface area contributed by atoms with Crippen molar-refractivity contribution in [2.75, 3.05) is 19.0 Å². The molecule has 2 aromatic rings. The highest BCUT2D eigenvalue weighted by Crippen LogP contribution is 2.24. The molecule has 1 N–H and O–H groups in total. The second-order valence-electron chi connectivity index (χ2n) is 4.28. The fourth-order valence-corrected chi connectivity index (χ4v) is 1.80. The summed E-state index contributed by atoms with van der Waals surface area (Å²) in [7, 11) is 1.57. The Morgan fingerprint density at radius 3 is 2.57 bits per heavy atom. The molecule has 0 unspecified atom stereocenters. The van der Waals surface area contributed by atoms with Gasteiger partial charge in [-0.25, -0.2) is 0 Å². The van der Waals surface area contributed by atoms with E-state index in [2.05, 4.69) is 11.9 Å². The van der Waals surface area contributed by atoms with E-state index in [1.165, 1.54) is 0 Å². The smallest absolute Gasteiger partial charge is 0.255 e. The molecule has 0 atom stereocenters. The van der Waals surface area contributed by atoms with Crippen LogP contribution in [0, 0.1) is 0 Å². The van der Waals surface area contributed by atoms with Gasteiger partial charge in [-0.05, 0) is 36.4 Å². The SMILES string of the molecule is C=CCOc1ccc(C(=O)Nc2ccccc2OC)cc1. The van der Waals surface area contributed by atoms with Gasteiger partial charge < -0.3 is 14.8 Å². The molecule has 0 bridgehead atoms. The number of benzene rings is 2. The molecule has 108 valence electrons. The van der Waals surface area contributed by atoms with E-state index in [9.17, 15) is 4.79 Å². The van der Waals surface area contributed by atoms with Crippen molar-refractivity contribution in [1.82, 2.24) is 0 Å². The largest absolute Gasteiger partial charge is 0.495 e. The molecule has 21 heavy (non-hydrogen) atoms.